The van der Waals surface area contributed by atoms with Crippen molar-refractivity contribution in [3.05, 3.63) is 30.1 Å². The van der Waals surface area contributed by atoms with Crippen molar-refractivity contribution >= 4 is 17.7 Å². The minimum Gasteiger partial charge on any atom is -0.355 e. The van der Waals surface area contributed by atoms with Gasteiger partial charge < -0.3 is 11.2 Å². The van der Waals surface area contributed by atoms with Gasteiger partial charge in [0.25, 0.3) is 0 Å². The van der Waals surface area contributed by atoms with E-state index in [2.05, 4.69) is 15.5 Å². The lowest BCUT2D eigenvalue weighted by Crippen LogP contribution is -2.31. The predicted molar refractivity (Wildman–Crippen MR) is 84.2 cm³/mol. The van der Waals surface area contributed by atoms with Crippen LogP contribution in [-0.4, -0.2) is 32.6 Å². The summed E-state index contributed by atoms with van der Waals surface area (Å²) in [6, 6.07) is 6.19. The molecule has 3 N–H and O–H groups in total. The Morgan fingerprint density at radius 2 is 2.18 bits per heavy atom. The quantitative estimate of drug-likeness (QED) is 0.625. The number of hydrogen-bond donors (Lipinski definition) is 2. The fourth-order valence-electron chi connectivity index (χ4n) is 1.79. The lowest BCUT2D eigenvalue weighted by molar-refractivity contribution is -0.120. The first-order valence-electron chi connectivity index (χ1n) is 6.94. The minimum atomic E-state index is -0.424. The number of nitrogen functional groups attached to an aromatic ring is 1. The van der Waals surface area contributed by atoms with Gasteiger partial charge in [-0.1, -0.05) is 30.8 Å². The Bertz CT molecular complexity index is 660. The molecule has 8 heteroatoms. The van der Waals surface area contributed by atoms with Crippen LogP contribution in [0.2, 0.25) is 0 Å². The van der Waals surface area contributed by atoms with Gasteiger partial charge in [-0.2, -0.15) is 0 Å². The van der Waals surface area contributed by atoms with Crippen molar-refractivity contribution in [3.63, 3.8) is 0 Å². The molecule has 2 aromatic rings. The predicted octanol–water partition coefficient (Wildman–Crippen LogP) is 1.80. The molecule has 22 heavy (non-hydrogen) atoms. The molecule has 1 aromatic carbocycles. The highest BCUT2D eigenvalue weighted by atomic mass is 32.2. The smallest absolute Gasteiger partial charge is 0.233 e. The average molecular weight is 323 g/mol. The van der Waals surface area contributed by atoms with Crippen LogP contribution in [0.15, 0.2) is 29.4 Å². The number of rotatable bonds is 6. The molecule has 1 aromatic heterocycles. The van der Waals surface area contributed by atoms with Crippen molar-refractivity contribution in [2.75, 3.05) is 12.4 Å². The van der Waals surface area contributed by atoms with E-state index in [1.54, 1.807) is 25.1 Å². The van der Waals surface area contributed by atoms with Gasteiger partial charge in [0, 0.05) is 6.54 Å². The van der Waals surface area contributed by atoms with Gasteiger partial charge >= 0.3 is 0 Å². The van der Waals surface area contributed by atoms with E-state index in [-0.39, 0.29) is 22.5 Å². The molecule has 0 aliphatic carbocycles. The lowest BCUT2D eigenvalue weighted by atomic mass is 10.2. The van der Waals surface area contributed by atoms with E-state index in [9.17, 15) is 9.18 Å². The third-order valence-corrected chi connectivity index (χ3v) is 4.04. The fourth-order valence-corrected chi connectivity index (χ4v) is 2.58. The highest BCUT2D eigenvalue weighted by Gasteiger charge is 2.20. The molecule has 0 saturated heterocycles. The summed E-state index contributed by atoms with van der Waals surface area (Å²) >= 11 is 1.18. The first-order valence-corrected chi connectivity index (χ1v) is 7.82. The third kappa shape index (κ3) is 3.56. The van der Waals surface area contributed by atoms with Crippen molar-refractivity contribution in [2.45, 2.75) is 30.7 Å². The van der Waals surface area contributed by atoms with Crippen molar-refractivity contribution in [1.29, 1.82) is 0 Å². The molecule has 1 atom stereocenters. The van der Waals surface area contributed by atoms with Crippen LogP contribution in [0.3, 0.4) is 0 Å². The summed E-state index contributed by atoms with van der Waals surface area (Å²) in [4.78, 5) is 11.9. The zero-order chi connectivity index (χ0) is 16.1. The Balaban J connectivity index is 2.15. The summed E-state index contributed by atoms with van der Waals surface area (Å²) in [6.45, 7) is 4.36. The largest absolute Gasteiger partial charge is 0.355 e. The molecule has 0 fully saturated rings. The second-order valence-electron chi connectivity index (χ2n) is 4.71. The number of nitrogens with one attached hydrogen (secondary N) is 1. The van der Waals surface area contributed by atoms with Crippen molar-refractivity contribution in [1.82, 2.24) is 20.2 Å². The first kappa shape index (κ1) is 16.3. The summed E-state index contributed by atoms with van der Waals surface area (Å²) in [7, 11) is 0. The Morgan fingerprint density at radius 3 is 2.86 bits per heavy atom. The lowest BCUT2D eigenvalue weighted by Gasteiger charge is -2.10. The van der Waals surface area contributed by atoms with Gasteiger partial charge in [-0.25, -0.2) is 9.07 Å². The standard InChI is InChI=1S/C14H18FN5OS/c1-3-8-17-13(21)9(2)22-14-19-18-12(20(14)16)10-6-4-5-7-11(10)15/h4-7,9H,3,8,16H2,1-2H3,(H,17,21)/t9-/m0/s1. The van der Waals surface area contributed by atoms with E-state index in [4.69, 9.17) is 5.84 Å². The van der Waals surface area contributed by atoms with Crippen molar-refractivity contribution in [3.8, 4) is 11.4 Å². The van der Waals surface area contributed by atoms with Crippen molar-refractivity contribution < 1.29 is 9.18 Å². The number of nitrogens with two attached hydrogens (primary N) is 1. The highest BCUT2D eigenvalue weighted by Crippen LogP contribution is 2.26. The molecule has 0 aliphatic heterocycles. The van der Waals surface area contributed by atoms with Gasteiger partial charge in [0.05, 0.1) is 10.8 Å². The summed E-state index contributed by atoms with van der Waals surface area (Å²) in [5.74, 6) is 5.63. The number of aromatic nitrogens is 3. The molecule has 0 aliphatic rings. The second-order valence-corrected chi connectivity index (χ2v) is 6.02. The minimum absolute atomic E-state index is 0.0951. The average Bonchev–Trinajstić information content (AvgIpc) is 2.86. The number of carbonyl (C=O) groups excluding carboxylic acids is 1. The summed E-state index contributed by atoms with van der Waals surface area (Å²) in [5.41, 5.74) is 0.271. The number of carbonyl (C=O) groups is 1. The number of hydrogen-bond acceptors (Lipinski definition) is 5. The molecule has 1 amide bonds. The van der Waals surface area contributed by atoms with E-state index in [1.807, 2.05) is 6.92 Å². The zero-order valence-electron chi connectivity index (χ0n) is 12.4. The highest BCUT2D eigenvalue weighted by molar-refractivity contribution is 8.00. The topological polar surface area (TPSA) is 85.8 Å². The van der Waals surface area contributed by atoms with Crippen LogP contribution >= 0.6 is 11.8 Å². The number of halogens is 1. The van der Waals surface area contributed by atoms with Crippen LogP contribution < -0.4 is 11.2 Å². The van der Waals surface area contributed by atoms with E-state index in [0.717, 1.165) is 6.42 Å². The number of amides is 1. The molecular weight excluding hydrogens is 305 g/mol. The second kappa shape index (κ2) is 7.26. The van der Waals surface area contributed by atoms with Crippen LogP contribution in [-0.2, 0) is 4.79 Å². The van der Waals surface area contributed by atoms with Crippen molar-refractivity contribution in [2.24, 2.45) is 0 Å². The number of thioether (sulfide) groups is 1. The maximum atomic E-state index is 13.8. The molecule has 0 bridgehead atoms. The maximum Gasteiger partial charge on any atom is 0.233 e. The Hall–Kier alpha value is -2.09. The summed E-state index contributed by atoms with van der Waals surface area (Å²) in [6.07, 6.45) is 0.869. The molecule has 6 nitrogen and oxygen atoms in total. The molecule has 0 unspecified atom stereocenters. The van der Waals surface area contributed by atoms with Crippen LogP contribution in [0.25, 0.3) is 11.4 Å². The van der Waals surface area contributed by atoms with Crippen LogP contribution in [0.4, 0.5) is 4.39 Å². The van der Waals surface area contributed by atoms with Gasteiger partial charge in [0.15, 0.2) is 5.82 Å². The van der Waals surface area contributed by atoms with Gasteiger partial charge in [-0.15, -0.1) is 10.2 Å². The van der Waals surface area contributed by atoms with Gasteiger partial charge in [-0.05, 0) is 25.5 Å². The number of benzene rings is 1. The fraction of sp³-hybridized carbons (Fsp3) is 0.357. The van der Waals surface area contributed by atoms with Gasteiger partial charge in [0.1, 0.15) is 5.82 Å². The molecule has 1 heterocycles. The molecule has 118 valence electrons. The molecule has 0 radical (unpaired) electrons. The molecule has 0 saturated carbocycles. The SMILES string of the molecule is CCCNC(=O)[C@H](C)Sc1nnc(-c2ccccc2F)n1N. The normalized spacial score (nSPS) is 12.1. The van der Waals surface area contributed by atoms with E-state index >= 15 is 0 Å². The van der Waals surface area contributed by atoms with Crippen LogP contribution in [0.1, 0.15) is 20.3 Å². The molecule has 0 spiro atoms. The van der Waals surface area contributed by atoms with Gasteiger partial charge in [-0.3, -0.25) is 4.79 Å². The van der Waals surface area contributed by atoms with E-state index in [0.29, 0.717) is 11.7 Å². The Kier molecular flexibility index (Phi) is 5.37. The molecular formula is C14H18FN5OS. The Morgan fingerprint density at radius 1 is 1.45 bits per heavy atom. The van der Waals surface area contributed by atoms with E-state index in [1.165, 1.54) is 22.5 Å². The third-order valence-electron chi connectivity index (χ3n) is 2.98. The zero-order valence-corrected chi connectivity index (χ0v) is 13.2. The maximum absolute atomic E-state index is 13.8. The summed E-state index contributed by atoms with van der Waals surface area (Å²) in [5, 5.41) is 10.6. The van der Waals surface area contributed by atoms with E-state index < -0.39 is 5.82 Å². The Labute approximate surface area is 132 Å². The molecule has 2 rings (SSSR count). The van der Waals surface area contributed by atoms with Crippen LogP contribution in [0.5, 0.6) is 0 Å². The van der Waals surface area contributed by atoms with Gasteiger partial charge in [0.2, 0.25) is 11.1 Å². The van der Waals surface area contributed by atoms with Crippen LogP contribution in [0, 0.1) is 5.82 Å². The summed E-state index contributed by atoms with van der Waals surface area (Å²) < 4.78 is 15.0. The number of nitrogens with zero attached hydrogens (tertiary/aromatic N) is 3. The first-order chi connectivity index (χ1) is 10.5. The monoisotopic (exact) mass is 323 g/mol.